The van der Waals surface area contributed by atoms with Crippen molar-refractivity contribution in [1.29, 1.82) is 0 Å². The normalized spacial score (nSPS) is 20.5. The van der Waals surface area contributed by atoms with Gasteiger partial charge in [0.1, 0.15) is 5.82 Å². The third-order valence-electron chi connectivity index (χ3n) is 6.43. The molecule has 2 aliphatic heterocycles. The number of nitrogens with two attached hydrogens (primary N) is 1. The molecule has 4 rings (SSSR count). The number of carbonyl (C=O) groups is 1. The Labute approximate surface area is 205 Å². The van der Waals surface area contributed by atoms with Gasteiger partial charge in [0.15, 0.2) is 5.69 Å². The van der Waals surface area contributed by atoms with Gasteiger partial charge in [0.05, 0.1) is 18.9 Å². The summed E-state index contributed by atoms with van der Waals surface area (Å²) in [6, 6.07) is 1.21. The molecular formula is C22H28F3N7O4. The second-order valence-electron chi connectivity index (χ2n) is 8.69. The van der Waals surface area contributed by atoms with Gasteiger partial charge >= 0.3 is 12.3 Å². The maximum Gasteiger partial charge on any atom is 0.434 e. The number of halogens is 3. The van der Waals surface area contributed by atoms with E-state index in [-0.39, 0.29) is 29.9 Å². The molecule has 0 saturated carbocycles. The highest BCUT2D eigenvalue weighted by molar-refractivity contribution is 5.86. The molecule has 36 heavy (non-hydrogen) atoms. The van der Waals surface area contributed by atoms with Crippen LogP contribution in [0.25, 0.3) is 11.3 Å². The number of rotatable bonds is 7. The number of amides is 1. The maximum atomic E-state index is 13.8. The third-order valence-corrected chi connectivity index (χ3v) is 6.43. The van der Waals surface area contributed by atoms with E-state index in [0.717, 1.165) is 17.5 Å². The Morgan fingerprint density at radius 3 is 2.58 bits per heavy atom. The highest BCUT2D eigenvalue weighted by atomic mass is 19.4. The minimum absolute atomic E-state index is 0.0362. The Balaban J connectivity index is 1.75. The average molecular weight is 512 g/mol. The molecule has 2 unspecified atom stereocenters. The Bertz CT molecular complexity index is 1080. The first-order valence-corrected chi connectivity index (χ1v) is 11.7. The van der Waals surface area contributed by atoms with Gasteiger partial charge in [0.25, 0.3) is 0 Å². The summed E-state index contributed by atoms with van der Waals surface area (Å²) in [5.41, 5.74) is 3.58. The van der Waals surface area contributed by atoms with Gasteiger partial charge < -0.3 is 25.2 Å². The van der Waals surface area contributed by atoms with E-state index in [1.807, 2.05) is 0 Å². The van der Waals surface area contributed by atoms with E-state index < -0.39 is 29.5 Å². The fourth-order valence-corrected chi connectivity index (χ4v) is 4.42. The van der Waals surface area contributed by atoms with Crippen molar-refractivity contribution in [2.24, 2.45) is 11.8 Å². The van der Waals surface area contributed by atoms with Crippen molar-refractivity contribution in [1.82, 2.24) is 19.9 Å². The van der Waals surface area contributed by atoms with Crippen LogP contribution in [-0.4, -0.2) is 77.2 Å². The van der Waals surface area contributed by atoms with Crippen LogP contribution in [0.15, 0.2) is 12.3 Å². The Morgan fingerprint density at radius 2 is 1.92 bits per heavy atom. The fourth-order valence-electron chi connectivity index (χ4n) is 4.42. The van der Waals surface area contributed by atoms with Crippen LogP contribution < -0.4 is 15.5 Å². The van der Waals surface area contributed by atoms with Crippen LogP contribution >= 0.6 is 0 Å². The minimum Gasteiger partial charge on any atom is -0.465 e. The summed E-state index contributed by atoms with van der Waals surface area (Å²) in [4.78, 5) is 30.9. The highest BCUT2D eigenvalue weighted by Crippen LogP contribution is 2.37. The van der Waals surface area contributed by atoms with E-state index in [0.29, 0.717) is 51.9 Å². The van der Waals surface area contributed by atoms with Crippen LogP contribution in [0.2, 0.25) is 0 Å². The monoisotopic (exact) mass is 511 g/mol. The first kappa shape index (κ1) is 25.8. The van der Waals surface area contributed by atoms with Gasteiger partial charge in [0, 0.05) is 50.7 Å². The number of hydrogen-bond donors (Lipinski definition) is 2. The minimum atomic E-state index is -4.83. The lowest BCUT2D eigenvalue weighted by molar-refractivity contribution is -0.140. The zero-order valence-corrected chi connectivity index (χ0v) is 19.7. The molecule has 14 heteroatoms. The molecule has 2 aromatic heterocycles. The van der Waals surface area contributed by atoms with Crippen LogP contribution in [0.5, 0.6) is 0 Å². The number of nitrogens with zero attached hydrogens (tertiary/aromatic N) is 6. The van der Waals surface area contributed by atoms with Gasteiger partial charge in [-0.15, -0.1) is 0 Å². The number of hydrogen-bond acceptors (Lipinski definition) is 9. The molecule has 2 atom stereocenters. The second kappa shape index (κ2) is 10.8. The van der Waals surface area contributed by atoms with Crippen molar-refractivity contribution < 1.29 is 32.5 Å². The molecule has 3 N–H and O–H groups in total. The molecule has 0 bridgehead atoms. The van der Waals surface area contributed by atoms with Gasteiger partial charge in [-0.2, -0.15) is 18.2 Å². The number of anilines is 3. The fraction of sp³-hybridized carbons (Fsp3) is 0.591. The van der Waals surface area contributed by atoms with Gasteiger partial charge in [-0.1, -0.05) is 13.3 Å². The lowest BCUT2D eigenvalue weighted by Gasteiger charge is -2.29. The van der Waals surface area contributed by atoms with E-state index in [1.165, 1.54) is 6.07 Å². The largest absolute Gasteiger partial charge is 0.465 e. The summed E-state index contributed by atoms with van der Waals surface area (Å²) in [6.07, 6.45) is -3.73. The van der Waals surface area contributed by atoms with Crippen LogP contribution in [0.4, 0.5) is 35.7 Å². The average Bonchev–Trinajstić information content (AvgIpc) is 3.31. The molecule has 2 saturated heterocycles. The predicted molar refractivity (Wildman–Crippen MR) is 124 cm³/mol. The van der Waals surface area contributed by atoms with Crippen molar-refractivity contribution in [3.63, 3.8) is 0 Å². The summed E-state index contributed by atoms with van der Waals surface area (Å²) in [5.74, 6) is 0.0275. The molecule has 4 heterocycles. The van der Waals surface area contributed by atoms with Gasteiger partial charge in [0.2, 0.25) is 11.9 Å². The number of morpholine rings is 1. The van der Waals surface area contributed by atoms with Crippen molar-refractivity contribution in [3.05, 3.63) is 18.0 Å². The number of ether oxygens (including phenoxy) is 2. The van der Waals surface area contributed by atoms with Crippen LogP contribution in [0.1, 0.15) is 25.5 Å². The molecule has 11 nitrogen and oxygen atoms in total. The molecule has 2 fully saturated rings. The summed E-state index contributed by atoms with van der Waals surface area (Å²) < 4.78 is 52.3. The Kier molecular flexibility index (Phi) is 7.73. The molecule has 1 amide bonds. The van der Waals surface area contributed by atoms with E-state index in [4.69, 9.17) is 15.2 Å². The van der Waals surface area contributed by atoms with E-state index in [9.17, 15) is 23.1 Å². The molecule has 0 radical (unpaired) electrons. The molecule has 2 aliphatic rings. The molecule has 196 valence electrons. The number of alkyl halides is 3. The van der Waals surface area contributed by atoms with Crippen LogP contribution in [0.3, 0.4) is 0 Å². The van der Waals surface area contributed by atoms with Crippen molar-refractivity contribution in [2.75, 3.05) is 61.6 Å². The first-order chi connectivity index (χ1) is 17.2. The molecular weight excluding hydrogens is 483 g/mol. The number of carboxylic acid groups (broad SMARTS) is 1. The molecule has 2 aromatic rings. The predicted octanol–water partition coefficient (Wildman–Crippen LogP) is 2.92. The standard InChI is InChI=1S/C22H28F3N7O4/c1-2-13-11-36-12-14(13)3-4-32(21(33)34)17-9-16(28-20(29-17)31-5-7-35-8-6-31)15-10-27-19(26)30-18(15)22(23,24)25/h9-10,13-14H,2-8,11-12H2,1H3,(H,33,34)(H2,26,27,30). The first-order valence-electron chi connectivity index (χ1n) is 11.7. The van der Waals surface area contributed by atoms with Crippen LogP contribution in [-0.2, 0) is 15.7 Å². The van der Waals surface area contributed by atoms with Gasteiger partial charge in [-0.25, -0.2) is 19.7 Å². The zero-order chi connectivity index (χ0) is 25.9. The van der Waals surface area contributed by atoms with Gasteiger partial charge in [-0.3, -0.25) is 4.90 Å². The van der Waals surface area contributed by atoms with E-state index in [1.54, 1.807) is 4.90 Å². The smallest absolute Gasteiger partial charge is 0.434 e. The molecule has 0 aromatic carbocycles. The SMILES string of the molecule is CCC1COCC1CCN(C(=O)O)c1cc(-c2cnc(N)nc2C(F)(F)F)nc(N2CCOCC2)n1. The van der Waals surface area contributed by atoms with Gasteiger partial charge in [-0.05, 0) is 18.3 Å². The summed E-state index contributed by atoms with van der Waals surface area (Å²) in [7, 11) is 0. The molecule has 0 spiro atoms. The van der Waals surface area contributed by atoms with Crippen molar-refractivity contribution in [3.8, 4) is 11.3 Å². The van der Waals surface area contributed by atoms with E-state index >= 15 is 0 Å². The van der Waals surface area contributed by atoms with Crippen LogP contribution in [0, 0.1) is 11.8 Å². The summed E-state index contributed by atoms with van der Waals surface area (Å²) in [5, 5.41) is 9.99. The third kappa shape index (κ3) is 5.75. The highest BCUT2D eigenvalue weighted by Gasteiger charge is 2.37. The number of aromatic nitrogens is 4. The van der Waals surface area contributed by atoms with Crippen molar-refractivity contribution >= 4 is 23.8 Å². The molecule has 0 aliphatic carbocycles. The lowest BCUT2D eigenvalue weighted by Crippen LogP contribution is -2.38. The Morgan fingerprint density at radius 1 is 1.19 bits per heavy atom. The van der Waals surface area contributed by atoms with Crippen molar-refractivity contribution in [2.45, 2.75) is 25.9 Å². The van der Waals surface area contributed by atoms with E-state index in [2.05, 4.69) is 26.9 Å². The quantitative estimate of drug-likeness (QED) is 0.570. The number of nitrogen functional groups attached to an aromatic ring is 1. The Hall–Kier alpha value is -3.26. The maximum absolute atomic E-state index is 13.8. The summed E-state index contributed by atoms with van der Waals surface area (Å²) >= 11 is 0. The zero-order valence-electron chi connectivity index (χ0n) is 19.7. The summed E-state index contributed by atoms with van der Waals surface area (Å²) in [6.45, 7) is 4.88. The second-order valence-corrected chi connectivity index (χ2v) is 8.69. The lowest BCUT2D eigenvalue weighted by atomic mass is 9.91. The topological polar surface area (TPSA) is 140 Å².